The van der Waals surface area contributed by atoms with Crippen LogP contribution in [0.3, 0.4) is 0 Å². The van der Waals surface area contributed by atoms with Crippen molar-refractivity contribution >= 4 is 21.7 Å². The van der Waals surface area contributed by atoms with Crippen molar-refractivity contribution in [2.45, 2.75) is 20.8 Å². The number of benzene rings is 1. The van der Waals surface area contributed by atoms with E-state index in [1.807, 2.05) is 46.0 Å². The summed E-state index contributed by atoms with van der Waals surface area (Å²) in [5, 5.41) is 3.06. The van der Waals surface area contributed by atoms with Crippen LogP contribution in [0.5, 0.6) is 0 Å². The van der Waals surface area contributed by atoms with E-state index in [-0.39, 0.29) is 11.2 Å². The molecule has 0 saturated heterocycles. The normalized spacial score (nSPS) is 11.6. The summed E-state index contributed by atoms with van der Waals surface area (Å²) in [6, 6.07) is 5.82. The molecular formula is C13H18BrNO. The highest BCUT2D eigenvalue weighted by molar-refractivity contribution is 9.10. The fraction of sp³-hybridized carbons (Fsp3) is 0.462. The predicted molar refractivity (Wildman–Crippen MR) is 70.9 cm³/mol. The SMILES string of the molecule is CNCC(C)(C)C(=O)c1cc(Br)ccc1C. The first-order valence-corrected chi connectivity index (χ1v) is 6.13. The van der Waals surface area contributed by atoms with Crippen molar-refractivity contribution in [2.75, 3.05) is 13.6 Å². The minimum atomic E-state index is -0.375. The topological polar surface area (TPSA) is 29.1 Å². The first kappa shape index (κ1) is 13.4. The Kier molecular flexibility index (Phi) is 4.28. The summed E-state index contributed by atoms with van der Waals surface area (Å²) >= 11 is 3.40. The first-order valence-electron chi connectivity index (χ1n) is 5.34. The van der Waals surface area contributed by atoms with E-state index < -0.39 is 0 Å². The predicted octanol–water partition coefficient (Wildman–Crippen LogP) is 3.19. The van der Waals surface area contributed by atoms with Crippen LogP contribution in [-0.2, 0) is 0 Å². The average Bonchev–Trinajstić information content (AvgIpc) is 2.20. The summed E-state index contributed by atoms with van der Waals surface area (Å²) < 4.78 is 0.946. The van der Waals surface area contributed by atoms with E-state index in [1.165, 1.54) is 0 Å². The van der Waals surface area contributed by atoms with Crippen molar-refractivity contribution in [3.8, 4) is 0 Å². The number of carbonyl (C=O) groups is 1. The van der Waals surface area contributed by atoms with Crippen molar-refractivity contribution in [3.05, 3.63) is 33.8 Å². The standard InChI is InChI=1S/C13H18BrNO/c1-9-5-6-10(14)7-11(9)12(16)13(2,3)8-15-4/h5-7,15H,8H2,1-4H3. The van der Waals surface area contributed by atoms with Crippen molar-refractivity contribution in [1.29, 1.82) is 0 Å². The van der Waals surface area contributed by atoms with Gasteiger partial charge < -0.3 is 5.32 Å². The van der Waals surface area contributed by atoms with Gasteiger partial charge in [-0.15, -0.1) is 0 Å². The van der Waals surface area contributed by atoms with Crippen LogP contribution in [0.1, 0.15) is 29.8 Å². The van der Waals surface area contributed by atoms with Gasteiger partial charge in [0.2, 0.25) is 0 Å². The second-order valence-electron chi connectivity index (χ2n) is 4.70. The van der Waals surface area contributed by atoms with E-state index in [1.54, 1.807) is 0 Å². The van der Waals surface area contributed by atoms with Crippen molar-refractivity contribution in [1.82, 2.24) is 5.32 Å². The molecule has 0 radical (unpaired) electrons. The maximum absolute atomic E-state index is 12.4. The highest BCUT2D eigenvalue weighted by Gasteiger charge is 2.28. The Morgan fingerprint density at radius 3 is 2.62 bits per heavy atom. The second-order valence-corrected chi connectivity index (χ2v) is 5.62. The summed E-state index contributed by atoms with van der Waals surface area (Å²) in [6.45, 7) is 6.57. The van der Waals surface area contributed by atoms with Crippen LogP contribution in [0, 0.1) is 12.3 Å². The molecule has 0 spiro atoms. The van der Waals surface area contributed by atoms with Gasteiger partial charge in [0.1, 0.15) is 0 Å². The van der Waals surface area contributed by atoms with Crippen LogP contribution in [0.25, 0.3) is 0 Å². The Balaban J connectivity index is 3.09. The van der Waals surface area contributed by atoms with Crippen LogP contribution in [0.2, 0.25) is 0 Å². The molecule has 0 saturated carbocycles. The first-order chi connectivity index (χ1) is 7.38. The van der Waals surface area contributed by atoms with Crippen LogP contribution >= 0.6 is 15.9 Å². The Hall–Kier alpha value is -0.670. The van der Waals surface area contributed by atoms with Gasteiger partial charge in [-0.2, -0.15) is 0 Å². The third-order valence-electron chi connectivity index (χ3n) is 2.68. The molecule has 0 aliphatic rings. The van der Waals surface area contributed by atoms with Crippen LogP contribution in [0.15, 0.2) is 22.7 Å². The number of ketones is 1. The molecule has 0 heterocycles. The molecule has 0 aromatic heterocycles. The smallest absolute Gasteiger partial charge is 0.170 e. The summed E-state index contributed by atoms with van der Waals surface area (Å²) in [7, 11) is 1.86. The lowest BCUT2D eigenvalue weighted by Crippen LogP contribution is -2.35. The number of Topliss-reactive ketones (excluding diaryl/α,β-unsaturated/α-hetero) is 1. The van der Waals surface area contributed by atoms with E-state index in [0.717, 1.165) is 15.6 Å². The Morgan fingerprint density at radius 1 is 1.44 bits per heavy atom. The molecule has 1 N–H and O–H groups in total. The van der Waals surface area contributed by atoms with E-state index in [2.05, 4.69) is 21.2 Å². The maximum atomic E-state index is 12.4. The zero-order chi connectivity index (χ0) is 12.3. The number of hydrogen-bond donors (Lipinski definition) is 1. The lowest BCUT2D eigenvalue weighted by molar-refractivity contribution is 0.0838. The van der Waals surface area contributed by atoms with Gasteiger partial charge in [-0.1, -0.05) is 35.8 Å². The molecule has 1 aromatic rings. The lowest BCUT2D eigenvalue weighted by atomic mass is 9.83. The molecule has 16 heavy (non-hydrogen) atoms. The molecule has 0 bridgehead atoms. The minimum absolute atomic E-state index is 0.181. The summed E-state index contributed by atoms with van der Waals surface area (Å²) in [4.78, 5) is 12.4. The van der Waals surface area contributed by atoms with Gasteiger partial charge in [0.15, 0.2) is 5.78 Å². The molecule has 0 aliphatic heterocycles. The zero-order valence-corrected chi connectivity index (χ0v) is 11.8. The van der Waals surface area contributed by atoms with Gasteiger partial charge in [0.05, 0.1) is 0 Å². The Morgan fingerprint density at radius 2 is 2.06 bits per heavy atom. The van der Waals surface area contributed by atoms with Gasteiger partial charge in [0.25, 0.3) is 0 Å². The molecule has 0 atom stereocenters. The van der Waals surface area contributed by atoms with E-state index in [4.69, 9.17) is 0 Å². The van der Waals surface area contributed by atoms with E-state index >= 15 is 0 Å². The molecule has 3 heteroatoms. The maximum Gasteiger partial charge on any atom is 0.170 e. The van der Waals surface area contributed by atoms with Crippen LogP contribution < -0.4 is 5.32 Å². The molecule has 2 nitrogen and oxygen atoms in total. The van der Waals surface area contributed by atoms with Crippen molar-refractivity contribution < 1.29 is 4.79 Å². The minimum Gasteiger partial charge on any atom is -0.319 e. The molecule has 1 aromatic carbocycles. The monoisotopic (exact) mass is 283 g/mol. The number of halogens is 1. The van der Waals surface area contributed by atoms with Gasteiger partial charge in [-0.25, -0.2) is 0 Å². The summed E-state index contributed by atoms with van der Waals surface area (Å²) in [6.07, 6.45) is 0. The quantitative estimate of drug-likeness (QED) is 0.860. The number of rotatable bonds is 4. The van der Waals surface area contributed by atoms with Gasteiger partial charge in [0, 0.05) is 22.0 Å². The number of aryl methyl sites for hydroxylation is 1. The Labute approximate surface area is 106 Å². The third kappa shape index (κ3) is 2.92. The molecule has 0 fully saturated rings. The van der Waals surface area contributed by atoms with Gasteiger partial charge in [-0.3, -0.25) is 4.79 Å². The number of hydrogen-bond acceptors (Lipinski definition) is 2. The largest absolute Gasteiger partial charge is 0.319 e. The molecule has 0 amide bonds. The van der Waals surface area contributed by atoms with Gasteiger partial charge in [-0.05, 0) is 31.7 Å². The fourth-order valence-electron chi connectivity index (χ4n) is 1.73. The number of nitrogens with one attached hydrogen (secondary N) is 1. The van der Waals surface area contributed by atoms with Crippen molar-refractivity contribution in [3.63, 3.8) is 0 Å². The third-order valence-corrected chi connectivity index (χ3v) is 3.17. The molecule has 0 unspecified atom stereocenters. The molecule has 88 valence electrons. The van der Waals surface area contributed by atoms with Crippen LogP contribution in [0.4, 0.5) is 0 Å². The number of carbonyl (C=O) groups excluding carboxylic acids is 1. The average molecular weight is 284 g/mol. The van der Waals surface area contributed by atoms with Gasteiger partial charge >= 0.3 is 0 Å². The zero-order valence-electron chi connectivity index (χ0n) is 10.2. The summed E-state index contributed by atoms with van der Waals surface area (Å²) in [5.74, 6) is 0.181. The highest BCUT2D eigenvalue weighted by atomic mass is 79.9. The molecular weight excluding hydrogens is 266 g/mol. The fourth-order valence-corrected chi connectivity index (χ4v) is 2.09. The lowest BCUT2D eigenvalue weighted by Gasteiger charge is -2.23. The summed E-state index contributed by atoms with van der Waals surface area (Å²) in [5.41, 5.74) is 1.45. The second kappa shape index (κ2) is 5.11. The van der Waals surface area contributed by atoms with E-state index in [0.29, 0.717) is 6.54 Å². The van der Waals surface area contributed by atoms with Crippen LogP contribution in [-0.4, -0.2) is 19.4 Å². The highest BCUT2D eigenvalue weighted by Crippen LogP contribution is 2.25. The van der Waals surface area contributed by atoms with Crippen molar-refractivity contribution in [2.24, 2.45) is 5.41 Å². The Bertz CT molecular complexity index is 399. The van der Waals surface area contributed by atoms with E-state index in [9.17, 15) is 4.79 Å². The molecule has 0 aliphatic carbocycles. The molecule has 1 rings (SSSR count).